The summed E-state index contributed by atoms with van der Waals surface area (Å²) in [5.74, 6) is 1.78. The minimum Gasteiger partial charge on any atom is -0.354 e. The molecule has 0 bridgehead atoms. The first-order valence-electron chi connectivity index (χ1n) is 6.98. The summed E-state index contributed by atoms with van der Waals surface area (Å²) in [5, 5.41) is 4.24. The van der Waals surface area contributed by atoms with Crippen LogP contribution in [0.5, 0.6) is 0 Å². The number of fused-ring (bicyclic) bond motifs is 4. The van der Waals surface area contributed by atoms with Gasteiger partial charge in [0.2, 0.25) is 0 Å². The fraction of sp³-hybridized carbons (Fsp3) is 0.400. The molecule has 0 atom stereocenters. The number of hydrogen-bond donors (Lipinski definition) is 1. The molecule has 2 aliphatic rings. The van der Waals surface area contributed by atoms with Gasteiger partial charge in [-0.2, -0.15) is 0 Å². The maximum Gasteiger partial charge on any atom is 0.184 e. The standard InChI is InChI=1S/C15H16BrN3OS/c1-19(2)21-18-14-11-8-15(5-6-15)12-4-3-9(16)7-10(12)13(11)20-17-14/h3-4,7H,5-6,8H2,1-2H3,(H,17,18). The number of aromatic nitrogens is 1. The van der Waals surface area contributed by atoms with Crippen molar-refractivity contribution in [1.82, 2.24) is 9.46 Å². The lowest BCUT2D eigenvalue weighted by atomic mass is 9.79. The molecule has 110 valence electrons. The summed E-state index contributed by atoms with van der Waals surface area (Å²) in [6, 6.07) is 6.52. The number of anilines is 1. The number of nitrogens with one attached hydrogen (secondary N) is 1. The predicted octanol–water partition coefficient (Wildman–Crippen LogP) is 4.23. The highest BCUT2D eigenvalue weighted by molar-refractivity contribution is 9.10. The van der Waals surface area contributed by atoms with E-state index in [4.69, 9.17) is 4.52 Å². The second-order valence-corrected chi connectivity index (χ2v) is 8.02. The summed E-state index contributed by atoms with van der Waals surface area (Å²) in [7, 11) is 4.00. The predicted molar refractivity (Wildman–Crippen MR) is 89.2 cm³/mol. The molecule has 0 saturated heterocycles. The quantitative estimate of drug-likeness (QED) is 0.824. The maximum atomic E-state index is 5.66. The smallest absolute Gasteiger partial charge is 0.184 e. The zero-order chi connectivity index (χ0) is 14.6. The maximum absolute atomic E-state index is 5.66. The van der Waals surface area contributed by atoms with Crippen molar-refractivity contribution in [2.75, 3.05) is 18.8 Å². The lowest BCUT2D eigenvalue weighted by molar-refractivity contribution is 0.431. The molecule has 0 amide bonds. The summed E-state index contributed by atoms with van der Waals surface area (Å²) in [6.07, 6.45) is 3.54. The Hall–Kier alpha value is -0.980. The molecule has 1 aromatic heterocycles. The average molecular weight is 366 g/mol. The number of nitrogens with zero attached hydrogens (tertiary/aromatic N) is 2. The third-order valence-electron chi connectivity index (χ3n) is 4.28. The highest BCUT2D eigenvalue weighted by Crippen LogP contribution is 2.58. The van der Waals surface area contributed by atoms with E-state index in [0.29, 0.717) is 5.41 Å². The molecule has 2 aromatic rings. The Balaban J connectivity index is 1.80. The number of rotatable bonds is 3. The van der Waals surface area contributed by atoms with Crippen molar-refractivity contribution >= 4 is 33.9 Å². The van der Waals surface area contributed by atoms with Crippen LogP contribution in [0.1, 0.15) is 24.0 Å². The Morgan fingerprint density at radius 2 is 2.19 bits per heavy atom. The molecule has 0 aliphatic heterocycles. The Bertz CT molecular complexity index is 709. The van der Waals surface area contributed by atoms with Crippen molar-refractivity contribution in [3.8, 4) is 11.3 Å². The van der Waals surface area contributed by atoms with Gasteiger partial charge < -0.3 is 4.52 Å². The molecular weight excluding hydrogens is 350 g/mol. The molecule has 0 unspecified atom stereocenters. The molecule has 6 heteroatoms. The minimum atomic E-state index is 0.313. The van der Waals surface area contributed by atoms with Crippen LogP contribution in [0.25, 0.3) is 11.3 Å². The van der Waals surface area contributed by atoms with Crippen LogP contribution in [0.3, 0.4) is 0 Å². The second kappa shape index (κ2) is 4.76. The third-order valence-corrected chi connectivity index (χ3v) is 5.42. The molecule has 1 heterocycles. The molecule has 4 rings (SSSR count). The van der Waals surface area contributed by atoms with Gasteiger partial charge >= 0.3 is 0 Å². The molecule has 1 N–H and O–H groups in total. The van der Waals surface area contributed by atoms with Crippen molar-refractivity contribution in [3.05, 3.63) is 33.8 Å². The van der Waals surface area contributed by atoms with Crippen molar-refractivity contribution in [1.29, 1.82) is 0 Å². The van der Waals surface area contributed by atoms with Crippen LogP contribution < -0.4 is 4.72 Å². The van der Waals surface area contributed by atoms with E-state index in [1.54, 1.807) is 0 Å². The van der Waals surface area contributed by atoms with Crippen LogP contribution in [-0.4, -0.2) is 23.6 Å². The van der Waals surface area contributed by atoms with E-state index in [1.807, 2.05) is 18.4 Å². The van der Waals surface area contributed by atoms with Gasteiger partial charge in [-0.25, -0.2) is 4.31 Å². The van der Waals surface area contributed by atoms with Crippen LogP contribution in [0.4, 0.5) is 5.82 Å². The van der Waals surface area contributed by atoms with Crippen LogP contribution in [0.15, 0.2) is 27.2 Å². The SMILES string of the molecule is CN(C)SNc1noc2c1CC1(CC1)c1ccc(Br)cc1-2. The Morgan fingerprint density at radius 3 is 2.90 bits per heavy atom. The summed E-state index contributed by atoms with van der Waals surface area (Å²) in [5.41, 5.74) is 4.14. The lowest BCUT2D eigenvalue weighted by Gasteiger charge is -2.24. The molecule has 1 aromatic carbocycles. The molecule has 1 spiro atoms. The first kappa shape index (κ1) is 13.7. The van der Waals surface area contributed by atoms with E-state index in [9.17, 15) is 0 Å². The highest BCUT2D eigenvalue weighted by atomic mass is 79.9. The van der Waals surface area contributed by atoms with Gasteiger partial charge in [-0.05, 0) is 51.1 Å². The number of halogens is 1. The Morgan fingerprint density at radius 1 is 1.38 bits per heavy atom. The second-order valence-electron chi connectivity index (χ2n) is 5.99. The first-order valence-corrected chi connectivity index (χ1v) is 8.55. The Kier molecular flexibility index (Phi) is 3.10. The topological polar surface area (TPSA) is 41.3 Å². The van der Waals surface area contributed by atoms with E-state index in [-0.39, 0.29) is 0 Å². The minimum absolute atomic E-state index is 0.313. The zero-order valence-corrected chi connectivity index (χ0v) is 14.3. The normalized spacial score (nSPS) is 17.7. The van der Waals surface area contributed by atoms with Crippen molar-refractivity contribution in [2.45, 2.75) is 24.7 Å². The molecular formula is C15H16BrN3OS. The molecule has 0 radical (unpaired) electrons. The monoisotopic (exact) mass is 365 g/mol. The van der Waals surface area contributed by atoms with Gasteiger partial charge in [0.25, 0.3) is 0 Å². The first-order chi connectivity index (χ1) is 10.1. The molecule has 1 saturated carbocycles. The van der Waals surface area contributed by atoms with Crippen LogP contribution in [0, 0.1) is 0 Å². The number of benzene rings is 1. The van der Waals surface area contributed by atoms with E-state index in [1.165, 1.54) is 41.7 Å². The van der Waals surface area contributed by atoms with Crippen LogP contribution in [0.2, 0.25) is 0 Å². The summed E-state index contributed by atoms with van der Waals surface area (Å²) in [6.45, 7) is 0. The van der Waals surface area contributed by atoms with Gasteiger partial charge in [0, 0.05) is 33.1 Å². The summed E-state index contributed by atoms with van der Waals surface area (Å²) >= 11 is 5.09. The van der Waals surface area contributed by atoms with Crippen molar-refractivity contribution < 1.29 is 4.52 Å². The Labute approximate surface area is 136 Å². The van der Waals surface area contributed by atoms with Crippen LogP contribution in [-0.2, 0) is 11.8 Å². The molecule has 1 fully saturated rings. The fourth-order valence-corrected chi connectivity index (χ4v) is 3.89. The molecule has 4 nitrogen and oxygen atoms in total. The van der Waals surface area contributed by atoms with E-state index in [0.717, 1.165) is 22.5 Å². The zero-order valence-electron chi connectivity index (χ0n) is 11.9. The van der Waals surface area contributed by atoms with E-state index < -0.39 is 0 Å². The van der Waals surface area contributed by atoms with Gasteiger partial charge in [0.1, 0.15) is 0 Å². The van der Waals surface area contributed by atoms with E-state index >= 15 is 0 Å². The largest absolute Gasteiger partial charge is 0.354 e. The van der Waals surface area contributed by atoms with Gasteiger partial charge in [-0.1, -0.05) is 27.2 Å². The third kappa shape index (κ3) is 2.20. The van der Waals surface area contributed by atoms with Crippen molar-refractivity contribution in [2.24, 2.45) is 0 Å². The average Bonchev–Trinajstić information content (AvgIpc) is 3.09. The van der Waals surface area contributed by atoms with Gasteiger partial charge in [-0.3, -0.25) is 4.72 Å². The lowest BCUT2D eigenvalue weighted by Crippen LogP contribution is -2.17. The summed E-state index contributed by atoms with van der Waals surface area (Å²) in [4.78, 5) is 0. The molecule has 2 aliphatic carbocycles. The number of hydrogen-bond acceptors (Lipinski definition) is 5. The van der Waals surface area contributed by atoms with Crippen LogP contribution >= 0.6 is 28.1 Å². The molecule has 21 heavy (non-hydrogen) atoms. The van der Waals surface area contributed by atoms with E-state index in [2.05, 4.69) is 44.0 Å². The van der Waals surface area contributed by atoms with Gasteiger partial charge in [-0.15, -0.1) is 0 Å². The summed E-state index contributed by atoms with van der Waals surface area (Å²) < 4.78 is 12.0. The van der Waals surface area contributed by atoms with Gasteiger partial charge in [0.15, 0.2) is 11.6 Å². The highest BCUT2D eigenvalue weighted by Gasteiger charge is 2.50. The van der Waals surface area contributed by atoms with Gasteiger partial charge in [0.05, 0.1) is 0 Å². The fourth-order valence-electron chi connectivity index (χ4n) is 3.10. The van der Waals surface area contributed by atoms with Crippen molar-refractivity contribution in [3.63, 3.8) is 0 Å².